The van der Waals surface area contributed by atoms with Gasteiger partial charge >= 0.3 is 0 Å². The molecular weight excluding hydrogens is 534 g/mol. The number of hydrogen-bond donors (Lipinski definition) is 3. The molecule has 39 heavy (non-hydrogen) atoms. The maximum absolute atomic E-state index is 13.0. The van der Waals surface area contributed by atoms with Gasteiger partial charge in [0, 0.05) is 16.9 Å². The van der Waals surface area contributed by atoms with E-state index in [0.717, 1.165) is 16.7 Å². The number of benzene rings is 4. The van der Waals surface area contributed by atoms with Gasteiger partial charge in [-0.25, -0.2) is 16.8 Å². The van der Waals surface area contributed by atoms with Crippen molar-refractivity contribution in [1.82, 2.24) is 0 Å². The minimum Gasteiger partial charge on any atom is -0.322 e. The van der Waals surface area contributed by atoms with Crippen LogP contribution in [0.1, 0.15) is 32.6 Å². The van der Waals surface area contributed by atoms with Gasteiger partial charge in [0.25, 0.3) is 26.0 Å². The van der Waals surface area contributed by atoms with Gasteiger partial charge in [-0.2, -0.15) is 0 Å². The zero-order chi connectivity index (χ0) is 28.4. The number of sulfonamides is 2. The van der Waals surface area contributed by atoms with E-state index < -0.39 is 26.0 Å². The first kappa shape index (κ1) is 27.9. The second-order valence-electron chi connectivity index (χ2n) is 9.28. The third-order valence-electron chi connectivity index (χ3n) is 6.34. The van der Waals surface area contributed by atoms with Crippen LogP contribution in [0.5, 0.6) is 0 Å². The highest BCUT2D eigenvalue weighted by atomic mass is 32.2. The van der Waals surface area contributed by atoms with Gasteiger partial charge in [0.1, 0.15) is 0 Å². The summed E-state index contributed by atoms with van der Waals surface area (Å²) in [6.07, 6.45) is 0. The first-order valence-electron chi connectivity index (χ1n) is 12.1. The van der Waals surface area contributed by atoms with Gasteiger partial charge in [-0.15, -0.1) is 0 Å². The molecule has 3 N–H and O–H groups in total. The Morgan fingerprint density at radius 3 is 1.79 bits per heavy atom. The summed E-state index contributed by atoms with van der Waals surface area (Å²) in [4.78, 5) is 13.2. The number of amides is 1. The number of nitrogens with one attached hydrogen (secondary N) is 3. The third-order valence-corrected chi connectivity index (χ3v) is 9.11. The number of carbonyl (C=O) groups excluding carboxylic acids is 1. The Hall–Kier alpha value is -4.15. The van der Waals surface area contributed by atoms with Crippen molar-refractivity contribution in [2.75, 3.05) is 14.8 Å². The molecule has 0 saturated heterocycles. The number of anilines is 3. The molecule has 4 rings (SSSR count). The summed E-state index contributed by atoms with van der Waals surface area (Å²) in [6.45, 7) is 7.37. The van der Waals surface area contributed by atoms with Crippen LogP contribution < -0.4 is 14.8 Å². The molecule has 0 aromatic heterocycles. The van der Waals surface area contributed by atoms with E-state index in [4.69, 9.17) is 0 Å². The van der Waals surface area contributed by atoms with Crippen LogP contribution in [0.25, 0.3) is 0 Å². The smallest absolute Gasteiger partial charge is 0.261 e. The van der Waals surface area contributed by atoms with Crippen LogP contribution in [0.2, 0.25) is 0 Å². The number of hydrogen-bond acceptors (Lipinski definition) is 5. The van der Waals surface area contributed by atoms with Crippen LogP contribution >= 0.6 is 0 Å². The molecule has 0 aliphatic carbocycles. The van der Waals surface area contributed by atoms with Crippen molar-refractivity contribution >= 4 is 43.0 Å². The lowest BCUT2D eigenvalue weighted by atomic mass is 10.1. The standard InChI is InChI=1S/C29H29N3O5S2/c1-19-8-14-25(15-9-19)39(36,37)32-28-7-5-6-27(22(28)4)29(33)30-23-12-16-26(17-13-23)38(34,35)31-24-11-10-20(2)21(3)18-24/h5-18,31-32H,1-4H3,(H,30,33). The zero-order valence-corrected chi connectivity index (χ0v) is 23.6. The van der Waals surface area contributed by atoms with Crippen LogP contribution in [-0.4, -0.2) is 22.7 Å². The molecule has 0 aliphatic heterocycles. The van der Waals surface area contributed by atoms with Crippen molar-refractivity contribution in [3.8, 4) is 0 Å². The molecule has 0 heterocycles. The molecule has 0 fully saturated rings. The molecule has 202 valence electrons. The second-order valence-corrected chi connectivity index (χ2v) is 12.6. The van der Waals surface area contributed by atoms with E-state index in [1.54, 1.807) is 49.4 Å². The molecule has 4 aromatic rings. The Bertz CT molecular complexity index is 1750. The van der Waals surface area contributed by atoms with Crippen molar-refractivity contribution in [3.05, 3.63) is 113 Å². The Labute approximate surface area is 229 Å². The van der Waals surface area contributed by atoms with Crippen LogP contribution in [0, 0.1) is 27.7 Å². The van der Waals surface area contributed by atoms with Crippen molar-refractivity contribution in [1.29, 1.82) is 0 Å². The quantitative estimate of drug-likeness (QED) is 0.251. The topological polar surface area (TPSA) is 121 Å². The molecule has 8 nitrogen and oxygen atoms in total. The lowest BCUT2D eigenvalue weighted by molar-refractivity contribution is 0.102. The fourth-order valence-corrected chi connectivity index (χ4v) is 6.02. The van der Waals surface area contributed by atoms with Gasteiger partial charge in [0.15, 0.2) is 0 Å². The van der Waals surface area contributed by atoms with E-state index in [9.17, 15) is 21.6 Å². The summed E-state index contributed by atoms with van der Waals surface area (Å²) < 4.78 is 56.4. The highest BCUT2D eigenvalue weighted by Crippen LogP contribution is 2.25. The summed E-state index contributed by atoms with van der Waals surface area (Å²) >= 11 is 0. The van der Waals surface area contributed by atoms with Crippen LogP contribution in [0.3, 0.4) is 0 Å². The van der Waals surface area contributed by atoms with E-state index in [2.05, 4.69) is 14.8 Å². The monoisotopic (exact) mass is 563 g/mol. The van der Waals surface area contributed by atoms with E-state index in [0.29, 0.717) is 16.9 Å². The largest absolute Gasteiger partial charge is 0.322 e. The van der Waals surface area contributed by atoms with Gasteiger partial charge in [0.2, 0.25) is 0 Å². The van der Waals surface area contributed by atoms with Crippen molar-refractivity contribution in [2.45, 2.75) is 37.5 Å². The maximum atomic E-state index is 13.0. The number of carbonyl (C=O) groups is 1. The Morgan fingerprint density at radius 1 is 0.615 bits per heavy atom. The van der Waals surface area contributed by atoms with Gasteiger partial charge < -0.3 is 5.32 Å². The van der Waals surface area contributed by atoms with E-state index in [-0.39, 0.29) is 21.0 Å². The highest BCUT2D eigenvalue weighted by Gasteiger charge is 2.19. The maximum Gasteiger partial charge on any atom is 0.261 e. The van der Waals surface area contributed by atoms with E-state index >= 15 is 0 Å². The predicted molar refractivity (Wildman–Crippen MR) is 154 cm³/mol. The van der Waals surface area contributed by atoms with Gasteiger partial charge in [-0.1, -0.05) is 29.8 Å². The van der Waals surface area contributed by atoms with E-state index in [1.807, 2.05) is 26.8 Å². The molecule has 0 radical (unpaired) electrons. The second kappa shape index (κ2) is 10.9. The third kappa shape index (κ3) is 6.47. The molecular formula is C29H29N3O5S2. The first-order valence-corrected chi connectivity index (χ1v) is 15.0. The van der Waals surface area contributed by atoms with E-state index in [1.165, 1.54) is 36.4 Å². The highest BCUT2D eigenvalue weighted by molar-refractivity contribution is 7.93. The number of rotatable bonds is 8. The summed E-state index contributed by atoms with van der Waals surface area (Å²) in [7, 11) is -7.67. The molecule has 0 unspecified atom stereocenters. The molecule has 0 atom stereocenters. The SMILES string of the molecule is Cc1ccc(S(=O)(=O)Nc2cccc(C(=O)Nc3ccc(S(=O)(=O)Nc4ccc(C)c(C)c4)cc3)c2C)cc1. The lowest BCUT2D eigenvalue weighted by Gasteiger charge is -2.14. The molecule has 0 bridgehead atoms. The summed E-state index contributed by atoms with van der Waals surface area (Å²) in [5.41, 5.74) is 4.81. The fourth-order valence-electron chi connectivity index (χ4n) is 3.85. The first-order chi connectivity index (χ1) is 18.4. The van der Waals surface area contributed by atoms with Gasteiger partial charge in [0.05, 0.1) is 15.5 Å². The molecule has 0 aliphatic rings. The van der Waals surface area contributed by atoms with Crippen LogP contribution in [0.15, 0.2) is 94.7 Å². The molecule has 10 heteroatoms. The molecule has 4 aromatic carbocycles. The van der Waals surface area contributed by atoms with Crippen LogP contribution in [0.4, 0.5) is 17.1 Å². The zero-order valence-electron chi connectivity index (χ0n) is 21.9. The van der Waals surface area contributed by atoms with Crippen molar-refractivity contribution < 1.29 is 21.6 Å². The Morgan fingerprint density at radius 2 is 1.18 bits per heavy atom. The van der Waals surface area contributed by atoms with Gasteiger partial charge in [-0.3, -0.25) is 14.2 Å². The summed E-state index contributed by atoms with van der Waals surface area (Å²) in [5, 5.41) is 2.74. The molecule has 0 saturated carbocycles. The average Bonchev–Trinajstić information content (AvgIpc) is 2.88. The Balaban J connectivity index is 1.48. The normalized spacial score (nSPS) is 11.6. The summed E-state index contributed by atoms with van der Waals surface area (Å²) in [5.74, 6) is -0.465. The summed E-state index contributed by atoms with van der Waals surface area (Å²) in [6, 6.07) is 22.3. The van der Waals surface area contributed by atoms with Crippen LogP contribution in [-0.2, 0) is 20.0 Å². The minimum absolute atomic E-state index is 0.0439. The molecule has 1 amide bonds. The lowest BCUT2D eigenvalue weighted by Crippen LogP contribution is -2.17. The average molecular weight is 564 g/mol. The fraction of sp³-hybridized carbons (Fsp3) is 0.138. The molecule has 0 spiro atoms. The number of aryl methyl sites for hydroxylation is 3. The minimum atomic E-state index is -3.84. The Kier molecular flexibility index (Phi) is 7.80. The van der Waals surface area contributed by atoms with Gasteiger partial charge in [-0.05, 0) is 105 Å². The van der Waals surface area contributed by atoms with Crippen molar-refractivity contribution in [2.24, 2.45) is 0 Å². The van der Waals surface area contributed by atoms with Crippen molar-refractivity contribution in [3.63, 3.8) is 0 Å². The predicted octanol–water partition coefficient (Wildman–Crippen LogP) is 5.77.